The summed E-state index contributed by atoms with van der Waals surface area (Å²) in [6, 6.07) is -0.752. The zero-order valence-corrected chi connectivity index (χ0v) is 17.3. The number of carboxylic acid groups (broad SMARTS) is 2. The fourth-order valence-electron chi connectivity index (χ4n) is 2.55. The summed E-state index contributed by atoms with van der Waals surface area (Å²) in [4.78, 5) is 59.4. The molecule has 1 rings (SSSR count). The van der Waals surface area contributed by atoms with Gasteiger partial charge in [0.15, 0.2) is 0 Å². The standard InChI is InChI=1S/C19H26N4O10/c20-11(7-24)16(29)23-14(8-25)18(31)21-12(6-15(27)28)17(30)22-13(19(32)33)5-9-1-3-10(26)4-2-9/h1-4,11-14,24-26H,5-8,20H2,(H,21,31)(H,22,30)(H,23,29)(H,27,28)(H,32,33). The SMILES string of the molecule is NC(CO)C(=O)NC(CO)C(=O)NC(CC(=O)O)C(=O)NC(Cc1ccc(O)cc1)C(=O)O. The Bertz CT molecular complexity index is 861. The molecule has 4 unspecified atom stereocenters. The van der Waals surface area contributed by atoms with E-state index >= 15 is 0 Å². The zero-order valence-electron chi connectivity index (χ0n) is 17.3. The summed E-state index contributed by atoms with van der Waals surface area (Å²) in [6.07, 6.45) is -1.13. The number of carbonyl (C=O) groups is 5. The lowest BCUT2D eigenvalue weighted by Gasteiger charge is -2.23. The van der Waals surface area contributed by atoms with Crippen molar-refractivity contribution in [3.05, 3.63) is 29.8 Å². The van der Waals surface area contributed by atoms with E-state index in [2.05, 4.69) is 5.32 Å². The molecule has 0 aromatic heterocycles. The van der Waals surface area contributed by atoms with Crippen LogP contribution in [-0.2, 0) is 30.4 Å². The second-order valence-corrected chi connectivity index (χ2v) is 6.96. The van der Waals surface area contributed by atoms with Gasteiger partial charge in [-0.3, -0.25) is 19.2 Å². The van der Waals surface area contributed by atoms with Crippen LogP contribution in [0.5, 0.6) is 5.75 Å². The van der Waals surface area contributed by atoms with Gasteiger partial charge in [-0.15, -0.1) is 0 Å². The molecule has 10 N–H and O–H groups in total. The van der Waals surface area contributed by atoms with Crippen LogP contribution in [0.25, 0.3) is 0 Å². The van der Waals surface area contributed by atoms with Gasteiger partial charge in [-0.25, -0.2) is 4.79 Å². The molecule has 182 valence electrons. The highest BCUT2D eigenvalue weighted by Crippen LogP contribution is 2.11. The molecule has 14 nitrogen and oxygen atoms in total. The maximum absolute atomic E-state index is 12.6. The first kappa shape index (κ1) is 27.3. The number of aromatic hydroxyl groups is 1. The van der Waals surface area contributed by atoms with Crippen LogP contribution in [-0.4, -0.2) is 92.6 Å². The van der Waals surface area contributed by atoms with Crippen LogP contribution in [0.15, 0.2) is 24.3 Å². The number of aliphatic carboxylic acids is 2. The molecule has 0 saturated heterocycles. The van der Waals surface area contributed by atoms with Gasteiger partial charge in [-0.2, -0.15) is 0 Å². The van der Waals surface area contributed by atoms with Crippen LogP contribution in [0.1, 0.15) is 12.0 Å². The van der Waals surface area contributed by atoms with E-state index in [4.69, 9.17) is 15.9 Å². The predicted octanol–water partition coefficient (Wildman–Crippen LogP) is -3.74. The first-order valence-electron chi connectivity index (χ1n) is 9.59. The normalized spacial score (nSPS) is 14.3. The molecule has 33 heavy (non-hydrogen) atoms. The average molecular weight is 470 g/mol. The maximum Gasteiger partial charge on any atom is 0.326 e. The van der Waals surface area contributed by atoms with Crippen molar-refractivity contribution in [2.24, 2.45) is 5.73 Å². The van der Waals surface area contributed by atoms with Gasteiger partial charge in [0, 0.05) is 6.42 Å². The van der Waals surface area contributed by atoms with Crippen molar-refractivity contribution in [1.29, 1.82) is 0 Å². The number of carboxylic acids is 2. The topological polar surface area (TPSA) is 249 Å². The second-order valence-electron chi connectivity index (χ2n) is 6.96. The minimum atomic E-state index is -1.74. The highest BCUT2D eigenvalue weighted by molar-refractivity contribution is 5.95. The lowest BCUT2D eigenvalue weighted by atomic mass is 10.0. The molecule has 0 aliphatic heterocycles. The molecular formula is C19H26N4O10. The second kappa shape index (κ2) is 12.9. The Morgan fingerprint density at radius 2 is 1.30 bits per heavy atom. The van der Waals surface area contributed by atoms with Gasteiger partial charge < -0.3 is 47.2 Å². The van der Waals surface area contributed by atoms with Gasteiger partial charge in [0.25, 0.3) is 0 Å². The molecule has 1 aromatic rings. The van der Waals surface area contributed by atoms with Crippen LogP contribution in [0.4, 0.5) is 0 Å². The number of benzene rings is 1. The zero-order chi connectivity index (χ0) is 25.1. The highest BCUT2D eigenvalue weighted by atomic mass is 16.4. The van der Waals surface area contributed by atoms with Gasteiger partial charge >= 0.3 is 11.9 Å². The first-order chi connectivity index (χ1) is 15.5. The van der Waals surface area contributed by atoms with Crippen LogP contribution in [0, 0.1) is 0 Å². The number of aliphatic hydroxyl groups is 2. The summed E-state index contributed by atoms with van der Waals surface area (Å²) >= 11 is 0. The number of aliphatic hydroxyl groups excluding tert-OH is 2. The number of amides is 3. The van der Waals surface area contributed by atoms with Crippen molar-refractivity contribution in [2.75, 3.05) is 13.2 Å². The minimum absolute atomic E-state index is 0.0515. The Morgan fingerprint density at radius 3 is 1.79 bits per heavy atom. The lowest BCUT2D eigenvalue weighted by Crippen LogP contribution is -2.58. The molecule has 0 spiro atoms. The molecule has 0 radical (unpaired) electrons. The van der Waals surface area contributed by atoms with Crippen molar-refractivity contribution in [1.82, 2.24) is 16.0 Å². The summed E-state index contributed by atoms with van der Waals surface area (Å²) in [5.74, 6) is -6.23. The van der Waals surface area contributed by atoms with Gasteiger partial charge in [0.05, 0.1) is 19.6 Å². The maximum atomic E-state index is 12.6. The summed E-state index contributed by atoms with van der Waals surface area (Å²) in [5.41, 5.74) is 5.75. The molecule has 0 aliphatic rings. The molecular weight excluding hydrogens is 444 g/mol. The quantitative estimate of drug-likeness (QED) is 0.135. The number of phenols is 1. The lowest BCUT2D eigenvalue weighted by molar-refractivity contribution is -0.143. The van der Waals surface area contributed by atoms with Crippen molar-refractivity contribution < 1.29 is 49.5 Å². The Kier molecular flexibility index (Phi) is 10.7. The minimum Gasteiger partial charge on any atom is -0.508 e. The van der Waals surface area contributed by atoms with Crippen molar-refractivity contribution in [3.63, 3.8) is 0 Å². The van der Waals surface area contributed by atoms with E-state index < -0.39 is 73.5 Å². The van der Waals surface area contributed by atoms with Crippen molar-refractivity contribution >= 4 is 29.7 Å². The number of rotatable bonds is 13. The molecule has 14 heteroatoms. The van der Waals surface area contributed by atoms with E-state index in [0.29, 0.717) is 5.56 Å². The Morgan fingerprint density at radius 1 is 0.788 bits per heavy atom. The fourth-order valence-corrected chi connectivity index (χ4v) is 2.55. The summed E-state index contributed by atoms with van der Waals surface area (Å²) in [5, 5.41) is 52.2. The molecule has 0 aliphatic carbocycles. The van der Waals surface area contributed by atoms with Crippen LogP contribution >= 0.6 is 0 Å². The number of phenolic OH excluding ortho intramolecular Hbond substituents is 1. The summed E-state index contributed by atoms with van der Waals surface area (Å²) in [7, 11) is 0. The van der Waals surface area contributed by atoms with E-state index in [1.54, 1.807) is 0 Å². The van der Waals surface area contributed by atoms with Gasteiger partial charge in [-0.1, -0.05) is 12.1 Å². The first-order valence-corrected chi connectivity index (χ1v) is 9.59. The summed E-state index contributed by atoms with van der Waals surface area (Å²) < 4.78 is 0. The van der Waals surface area contributed by atoms with Gasteiger partial charge in [0.1, 0.15) is 29.9 Å². The Balaban J connectivity index is 2.93. The molecule has 0 saturated carbocycles. The third-order valence-electron chi connectivity index (χ3n) is 4.35. The third-order valence-corrected chi connectivity index (χ3v) is 4.35. The molecule has 0 fully saturated rings. The highest BCUT2D eigenvalue weighted by Gasteiger charge is 2.31. The molecule has 0 heterocycles. The smallest absolute Gasteiger partial charge is 0.326 e. The van der Waals surface area contributed by atoms with Crippen LogP contribution in [0.3, 0.4) is 0 Å². The number of hydrogen-bond donors (Lipinski definition) is 9. The molecule has 0 bridgehead atoms. The monoisotopic (exact) mass is 470 g/mol. The van der Waals surface area contributed by atoms with E-state index in [1.165, 1.54) is 24.3 Å². The number of nitrogens with two attached hydrogens (primary N) is 1. The van der Waals surface area contributed by atoms with E-state index in [0.717, 1.165) is 0 Å². The number of carbonyl (C=O) groups excluding carboxylic acids is 3. The van der Waals surface area contributed by atoms with Crippen LogP contribution in [0.2, 0.25) is 0 Å². The largest absolute Gasteiger partial charge is 0.508 e. The van der Waals surface area contributed by atoms with Gasteiger partial charge in [-0.05, 0) is 17.7 Å². The number of nitrogens with one attached hydrogen (secondary N) is 3. The molecule has 1 aromatic carbocycles. The van der Waals surface area contributed by atoms with E-state index in [1.807, 2.05) is 10.6 Å². The Hall–Kier alpha value is -3.75. The third kappa shape index (κ3) is 9.10. The van der Waals surface area contributed by atoms with Gasteiger partial charge in [0.2, 0.25) is 17.7 Å². The van der Waals surface area contributed by atoms with Crippen LogP contribution < -0.4 is 21.7 Å². The molecule has 3 amide bonds. The summed E-state index contributed by atoms with van der Waals surface area (Å²) in [6.45, 7) is -1.68. The van der Waals surface area contributed by atoms with E-state index in [9.17, 15) is 39.3 Å². The predicted molar refractivity (Wildman–Crippen MR) is 110 cm³/mol. The fraction of sp³-hybridized carbons (Fsp3) is 0.421. The average Bonchev–Trinajstić information content (AvgIpc) is 2.76. The molecule has 4 atom stereocenters. The Labute approximate surface area is 187 Å². The number of hydrogen-bond acceptors (Lipinski definition) is 9. The van der Waals surface area contributed by atoms with E-state index in [-0.39, 0.29) is 12.2 Å². The van der Waals surface area contributed by atoms with Crippen molar-refractivity contribution in [3.8, 4) is 5.75 Å². The van der Waals surface area contributed by atoms with Crippen molar-refractivity contribution in [2.45, 2.75) is 37.0 Å².